The quantitative estimate of drug-likeness (QED) is 0.391. The molecule has 1 saturated carbocycles. The number of alkyl halides is 3. The Morgan fingerprint density at radius 1 is 1.20 bits per heavy atom. The molecule has 1 heterocycles. The fourth-order valence-electron chi connectivity index (χ4n) is 4.60. The highest BCUT2D eigenvalue weighted by atomic mass is 35.5. The zero-order chi connectivity index (χ0) is 25.9. The number of carbonyl (C=O) groups is 1. The van der Waals surface area contributed by atoms with Gasteiger partial charge in [0, 0.05) is 24.3 Å². The molecule has 5 nitrogen and oxygen atoms in total. The Hall–Kier alpha value is -2.22. The number of hydrogen-bond acceptors (Lipinski definition) is 3. The van der Waals surface area contributed by atoms with Crippen LogP contribution in [0.3, 0.4) is 0 Å². The summed E-state index contributed by atoms with van der Waals surface area (Å²) in [6, 6.07) is 3.40. The van der Waals surface area contributed by atoms with Gasteiger partial charge in [0.2, 0.25) is 0 Å². The second kappa shape index (κ2) is 11.2. The predicted octanol–water partition coefficient (Wildman–Crippen LogP) is 7.27. The summed E-state index contributed by atoms with van der Waals surface area (Å²) < 4.78 is 40.8. The summed E-state index contributed by atoms with van der Waals surface area (Å²) in [4.78, 5) is 13.0. The lowest BCUT2D eigenvalue weighted by atomic mass is 9.83. The van der Waals surface area contributed by atoms with Crippen LogP contribution in [-0.4, -0.2) is 34.5 Å². The molecule has 0 aliphatic heterocycles. The topological polar surface area (TPSA) is 59.0 Å². The standard InChI is InChI=1S/C26H36ClF3N4O/c1-6-34-24(20-12-11-19(13-21(20)15(2)3)32-17(5)26(28,29)30)22(27)23(33-34)25(35)31-14-18-9-7-16(4)8-10-18/h11-13,15-18,32H,6-10,14H2,1-5H3,(H,31,35)/t16?,17-,18?/m1/s1. The van der Waals surface area contributed by atoms with Crippen LogP contribution in [0.5, 0.6) is 0 Å². The van der Waals surface area contributed by atoms with Crippen LogP contribution in [0, 0.1) is 11.8 Å². The van der Waals surface area contributed by atoms with Gasteiger partial charge in [0.1, 0.15) is 6.04 Å². The van der Waals surface area contributed by atoms with Crippen molar-refractivity contribution in [1.29, 1.82) is 0 Å². The number of amides is 1. The lowest BCUT2D eigenvalue weighted by molar-refractivity contribution is -0.138. The Bertz CT molecular complexity index is 1030. The number of hydrogen-bond donors (Lipinski definition) is 2. The highest BCUT2D eigenvalue weighted by Gasteiger charge is 2.36. The summed E-state index contributed by atoms with van der Waals surface area (Å²) >= 11 is 6.73. The zero-order valence-corrected chi connectivity index (χ0v) is 21.9. The van der Waals surface area contributed by atoms with E-state index in [4.69, 9.17) is 11.6 Å². The van der Waals surface area contributed by atoms with E-state index in [-0.39, 0.29) is 22.5 Å². The van der Waals surface area contributed by atoms with Crippen molar-refractivity contribution in [2.24, 2.45) is 11.8 Å². The first-order chi connectivity index (χ1) is 16.4. The van der Waals surface area contributed by atoms with Gasteiger partial charge in [0.05, 0.1) is 10.7 Å². The van der Waals surface area contributed by atoms with E-state index >= 15 is 0 Å². The van der Waals surface area contributed by atoms with E-state index in [9.17, 15) is 18.0 Å². The summed E-state index contributed by atoms with van der Waals surface area (Å²) in [7, 11) is 0. The Labute approximate surface area is 210 Å². The van der Waals surface area contributed by atoms with E-state index in [2.05, 4.69) is 22.7 Å². The highest BCUT2D eigenvalue weighted by molar-refractivity contribution is 6.36. The van der Waals surface area contributed by atoms with Crippen molar-refractivity contribution >= 4 is 23.2 Å². The average molecular weight is 513 g/mol. The maximum Gasteiger partial charge on any atom is 0.408 e. The molecule has 0 unspecified atom stereocenters. The Morgan fingerprint density at radius 2 is 1.86 bits per heavy atom. The third-order valence-electron chi connectivity index (χ3n) is 6.90. The third-order valence-corrected chi connectivity index (χ3v) is 7.26. The number of rotatable bonds is 8. The van der Waals surface area contributed by atoms with Gasteiger partial charge in [-0.05, 0) is 62.1 Å². The molecule has 1 aromatic heterocycles. The predicted molar refractivity (Wildman–Crippen MR) is 135 cm³/mol. The first-order valence-corrected chi connectivity index (χ1v) is 12.8. The molecule has 1 amide bonds. The number of benzene rings is 1. The van der Waals surface area contributed by atoms with Gasteiger partial charge >= 0.3 is 6.18 Å². The summed E-state index contributed by atoms with van der Waals surface area (Å²) in [5.74, 6) is 0.918. The molecule has 2 aromatic rings. The number of halogens is 4. The van der Waals surface area contributed by atoms with Gasteiger partial charge in [0.15, 0.2) is 5.69 Å². The molecular weight excluding hydrogens is 477 g/mol. The number of nitrogens with zero attached hydrogens (tertiary/aromatic N) is 2. The van der Waals surface area contributed by atoms with Crippen LogP contribution in [0.1, 0.15) is 82.3 Å². The maximum atomic E-state index is 13.0. The highest BCUT2D eigenvalue weighted by Crippen LogP contribution is 2.38. The summed E-state index contributed by atoms with van der Waals surface area (Å²) in [5.41, 5.74) is 2.73. The number of anilines is 1. The Kier molecular flexibility index (Phi) is 8.78. The largest absolute Gasteiger partial charge is 0.408 e. The Morgan fingerprint density at radius 3 is 2.43 bits per heavy atom. The molecule has 9 heteroatoms. The van der Waals surface area contributed by atoms with Crippen molar-refractivity contribution in [3.05, 3.63) is 34.5 Å². The van der Waals surface area contributed by atoms with Gasteiger partial charge in [-0.1, -0.05) is 51.3 Å². The van der Waals surface area contributed by atoms with E-state index in [1.807, 2.05) is 20.8 Å². The molecule has 1 atom stereocenters. The number of aromatic nitrogens is 2. The van der Waals surface area contributed by atoms with E-state index in [1.54, 1.807) is 22.9 Å². The molecule has 1 aliphatic carbocycles. The second-order valence-electron chi connectivity index (χ2n) is 10.0. The lowest BCUT2D eigenvalue weighted by Crippen LogP contribution is -2.33. The maximum absolute atomic E-state index is 13.0. The van der Waals surface area contributed by atoms with Gasteiger partial charge < -0.3 is 10.6 Å². The van der Waals surface area contributed by atoms with E-state index in [0.717, 1.165) is 36.8 Å². The number of carbonyl (C=O) groups excluding carboxylic acids is 1. The van der Waals surface area contributed by atoms with Crippen LogP contribution in [0.25, 0.3) is 11.3 Å². The fourth-order valence-corrected chi connectivity index (χ4v) is 4.93. The van der Waals surface area contributed by atoms with Gasteiger partial charge in [-0.3, -0.25) is 9.48 Å². The molecule has 35 heavy (non-hydrogen) atoms. The van der Waals surface area contributed by atoms with E-state index < -0.39 is 12.2 Å². The van der Waals surface area contributed by atoms with E-state index in [0.29, 0.717) is 30.4 Å². The van der Waals surface area contributed by atoms with Gasteiger partial charge in [-0.2, -0.15) is 18.3 Å². The molecular formula is C26H36ClF3N4O. The number of aryl methyl sites for hydroxylation is 1. The molecule has 2 N–H and O–H groups in total. The van der Waals surface area contributed by atoms with Crippen molar-refractivity contribution in [2.45, 2.75) is 85.0 Å². The van der Waals surface area contributed by atoms with Gasteiger partial charge in [0.25, 0.3) is 5.91 Å². The van der Waals surface area contributed by atoms with Crippen LogP contribution < -0.4 is 10.6 Å². The monoisotopic (exact) mass is 512 g/mol. The molecule has 3 rings (SSSR count). The van der Waals surface area contributed by atoms with Crippen molar-refractivity contribution < 1.29 is 18.0 Å². The van der Waals surface area contributed by atoms with Crippen LogP contribution >= 0.6 is 11.6 Å². The minimum absolute atomic E-state index is 0.00943. The van der Waals surface area contributed by atoms with Crippen molar-refractivity contribution in [3.8, 4) is 11.3 Å². The molecule has 0 spiro atoms. The van der Waals surface area contributed by atoms with Crippen molar-refractivity contribution in [2.75, 3.05) is 11.9 Å². The summed E-state index contributed by atoms with van der Waals surface area (Å²) in [5, 5.41) is 10.3. The molecule has 0 radical (unpaired) electrons. The SMILES string of the molecule is CCn1nc(C(=O)NCC2CCC(C)CC2)c(Cl)c1-c1ccc(N[C@H](C)C(F)(F)F)cc1C(C)C. The normalized spacial score (nSPS) is 19.6. The van der Waals surface area contributed by atoms with Gasteiger partial charge in [-0.25, -0.2) is 0 Å². The minimum atomic E-state index is -4.35. The molecule has 1 aliphatic rings. The van der Waals surface area contributed by atoms with E-state index in [1.165, 1.54) is 12.8 Å². The van der Waals surface area contributed by atoms with Crippen LogP contribution in [0.15, 0.2) is 18.2 Å². The van der Waals surface area contributed by atoms with Crippen LogP contribution in [-0.2, 0) is 6.54 Å². The molecule has 0 saturated heterocycles. The Balaban J connectivity index is 1.88. The van der Waals surface area contributed by atoms with Gasteiger partial charge in [-0.15, -0.1) is 0 Å². The fraction of sp³-hybridized carbons (Fsp3) is 0.615. The molecule has 194 valence electrons. The number of nitrogens with one attached hydrogen (secondary N) is 2. The first kappa shape index (κ1) is 27.4. The summed E-state index contributed by atoms with van der Waals surface area (Å²) in [6.45, 7) is 10.3. The smallest absolute Gasteiger partial charge is 0.374 e. The lowest BCUT2D eigenvalue weighted by Gasteiger charge is -2.26. The average Bonchev–Trinajstić information content (AvgIpc) is 3.14. The van der Waals surface area contributed by atoms with Crippen molar-refractivity contribution in [3.63, 3.8) is 0 Å². The zero-order valence-electron chi connectivity index (χ0n) is 21.1. The first-order valence-electron chi connectivity index (χ1n) is 12.4. The van der Waals surface area contributed by atoms with Crippen molar-refractivity contribution in [1.82, 2.24) is 15.1 Å². The minimum Gasteiger partial charge on any atom is -0.374 e. The molecule has 1 fully saturated rings. The van der Waals surface area contributed by atoms with Crippen LogP contribution in [0.4, 0.5) is 18.9 Å². The summed E-state index contributed by atoms with van der Waals surface area (Å²) in [6.07, 6.45) is 0.226. The molecule has 0 bridgehead atoms. The van der Waals surface area contributed by atoms with Crippen LogP contribution in [0.2, 0.25) is 5.02 Å². The molecule has 1 aromatic carbocycles. The third kappa shape index (κ3) is 6.51. The second-order valence-corrected chi connectivity index (χ2v) is 10.4.